The van der Waals surface area contributed by atoms with Crippen LogP contribution in [0.4, 0.5) is 0 Å². The first-order valence-corrected chi connectivity index (χ1v) is 5.85. The standard InChI is InChI=1S/C15H16/c1-2-6-12(7-3-1)15-11-10-13-8-4-5-9-14(13)15/h1-9,13-15H,10-11H2/t13?,14-,15?/m1/s1. The lowest BCUT2D eigenvalue weighted by Crippen LogP contribution is -2.11. The zero-order valence-electron chi connectivity index (χ0n) is 8.84. The van der Waals surface area contributed by atoms with Crippen LogP contribution >= 0.6 is 0 Å². The van der Waals surface area contributed by atoms with E-state index < -0.39 is 0 Å². The highest BCUT2D eigenvalue weighted by Crippen LogP contribution is 2.45. The number of hydrogen-bond acceptors (Lipinski definition) is 0. The zero-order chi connectivity index (χ0) is 10.1. The summed E-state index contributed by atoms with van der Waals surface area (Å²) in [5.74, 6) is 2.29. The third-order valence-electron chi connectivity index (χ3n) is 3.80. The fourth-order valence-electron chi connectivity index (χ4n) is 3.05. The van der Waals surface area contributed by atoms with Gasteiger partial charge in [0.05, 0.1) is 0 Å². The van der Waals surface area contributed by atoms with E-state index in [-0.39, 0.29) is 0 Å². The van der Waals surface area contributed by atoms with Crippen LogP contribution in [0.5, 0.6) is 0 Å². The van der Waals surface area contributed by atoms with Crippen molar-refractivity contribution in [2.75, 3.05) is 0 Å². The quantitative estimate of drug-likeness (QED) is 0.638. The minimum atomic E-state index is 0.748. The van der Waals surface area contributed by atoms with Gasteiger partial charge in [0.1, 0.15) is 0 Å². The molecule has 0 spiro atoms. The van der Waals surface area contributed by atoms with Gasteiger partial charge in [0.2, 0.25) is 0 Å². The van der Waals surface area contributed by atoms with Crippen LogP contribution in [0.2, 0.25) is 0 Å². The topological polar surface area (TPSA) is 0 Å². The molecule has 1 aromatic rings. The zero-order valence-corrected chi connectivity index (χ0v) is 8.84. The first-order valence-electron chi connectivity index (χ1n) is 5.85. The van der Waals surface area contributed by atoms with E-state index in [4.69, 9.17) is 0 Å². The summed E-state index contributed by atoms with van der Waals surface area (Å²) in [4.78, 5) is 0. The summed E-state index contributed by atoms with van der Waals surface area (Å²) in [7, 11) is 0. The Kier molecular flexibility index (Phi) is 2.21. The van der Waals surface area contributed by atoms with Crippen LogP contribution in [0.15, 0.2) is 54.6 Å². The van der Waals surface area contributed by atoms with Crippen molar-refractivity contribution in [3.05, 3.63) is 60.2 Å². The molecule has 0 aliphatic heterocycles. The minimum absolute atomic E-state index is 0.748. The van der Waals surface area contributed by atoms with Crippen LogP contribution in [0.25, 0.3) is 0 Å². The smallest absolute Gasteiger partial charge is 0.00930 e. The van der Waals surface area contributed by atoms with E-state index in [2.05, 4.69) is 54.6 Å². The van der Waals surface area contributed by atoms with Crippen molar-refractivity contribution in [1.29, 1.82) is 0 Å². The second-order valence-electron chi connectivity index (χ2n) is 4.61. The molecule has 0 N–H and O–H groups in total. The summed E-state index contributed by atoms with van der Waals surface area (Å²) in [6.45, 7) is 0. The third kappa shape index (κ3) is 1.54. The number of hydrogen-bond donors (Lipinski definition) is 0. The van der Waals surface area contributed by atoms with Gasteiger partial charge in [0.15, 0.2) is 0 Å². The Morgan fingerprint density at radius 1 is 0.867 bits per heavy atom. The van der Waals surface area contributed by atoms with Crippen molar-refractivity contribution in [3.63, 3.8) is 0 Å². The van der Waals surface area contributed by atoms with Crippen molar-refractivity contribution in [1.82, 2.24) is 0 Å². The normalized spacial score (nSPS) is 32.9. The summed E-state index contributed by atoms with van der Waals surface area (Å²) in [5.41, 5.74) is 1.52. The SMILES string of the molecule is C1=CC2CCC(c3ccccc3)[C@@H]2C=C1. The number of fused-ring (bicyclic) bond motifs is 1. The van der Waals surface area contributed by atoms with E-state index in [0.717, 1.165) is 17.8 Å². The van der Waals surface area contributed by atoms with Crippen molar-refractivity contribution >= 4 is 0 Å². The van der Waals surface area contributed by atoms with Gasteiger partial charge in [-0.15, -0.1) is 0 Å². The molecular formula is C15H16. The maximum atomic E-state index is 2.40. The van der Waals surface area contributed by atoms with E-state index >= 15 is 0 Å². The van der Waals surface area contributed by atoms with Gasteiger partial charge in [-0.3, -0.25) is 0 Å². The average Bonchev–Trinajstić information content (AvgIpc) is 2.74. The van der Waals surface area contributed by atoms with Crippen molar-refractivity contribution in [2.45, 2.75) is 18.8 Å². The van der Waals surface area contributed by atoms with Crippen LogP contribution in [0.3, 0.4) is 0 Å². The highest BCUT2D eigenvalue weighted by atomic mass is 14.4. The van der Waals surface area contributed by atoms with Gasteiger partial charge in [-0.25, -0.2) is 0 Å². The molecule has 1 saturated carbocycles. The molecule has 0 radical (unpaired) electrons. The van der Waals surface area contributed by atoms with E-state index in [1.807, 2.05) is 0 Å². The summed E-state index contributed by atoms with van der Waals surface area (Å²) < 4.78 is 0. The summed E-state index contributed by atoms with van der Waals surface area (Å²) in [6.07, 6.45) is 11.9. The molecule has 0 heteroatoms. The Hall–Kier alpha value is -1.30. The fraction of sp³-hybridized carbons (Fsp3) is 0.333. The van der Waals surface area contributed by atoms with Gasteiger partial charge in [0.25, 0.3) is 0 Å². The Bertz CT molecular complexity index is 386. The molecular weight excluding hydrogens is 180 g/mol. The molecule has 0 saturated heterocycles. The highest BCUT2D eigenvalue weighted by molar-refractivity contribution is 5.28. The lowest BCUT2D eigenvalue weighted by molar-refractivity contribution is 0.508. The predicted molar refractivity (Wildman–Crippen MR) is 63.7 cm³/mol. The van der Waals surface area contributed by atoms with Crippen LogP contribution in [-0.4, -0.2) is 0 Å². The second-order valence-corrected chi connectivity index (χ2v) is 4.61. The molecule has 2 unspecified atom stereocenters. The Morgan fingerprint density at radius 2 is 1.67 bits per heavy atom. The van der Waals surface area contributed by atoms with Gasteiger partial charge >= 0.3 is 0 Å². The van der Waals surface area contributed by atoms with Crippen LogP contribution in [0, 0.1) is 11.8 Å². The van der Waals surface area contributed by atoms with E-state index in [1.54, 1.807) is 0 Å². The van der Waals surface area contributed by atoms with E-state index in [9.17, 15) is 0 Å². The molecule has 2 aliphatic carbocycles. The number of rotatable bonds is 1. The monoisotopic (exact) mass is 196 g/mol. The predicted octanol–water partition coefficient (Wildman–Crippen LogP) is 3.92. The molecule has 1 fully saturated rings. The van der Waals surface area contributed by atoms with Crippen molar-refractivity contribution in [3.8, 4) is 0 Å². The third-order valence-corrected chi connectivity index (χ3v) is 3.80. The van der Waals surface area contributed by atoms with Gasteiger partial charge in [-0.05, 0) is 36.2 Å². The average molecular weight is 196 g/mol. The summed E-state index contributed by atoms with van der Waals surface area (Å²) in [6, 6.07) is 11.0. The Balaban J connectivity index is 1.90. The fourth-order valence-corrected chi connectivity index (χ4v) is 3.05. The van der Waals surface area contributed by atoms with E-state index in [1.165, 1.54) is 18.4 Å². The Morgan fingerprint density at radius 3 is 2.53 bits per heavy atom. The van der Waals surface area contributed by atoms with Crippen molar-refractivity contribution < 1.29 is 0 Å². The maximum absolute atomic E-state index is 2.40. The van der Waals surface area contributed by atoms with Gasteiger partial charge < -0.3 is 0 Å². The molecule has 3 rings (SSSR count). The molecule has 2 aliphatic rings. The summed E-state index contributed by atoms with van der Waals surface area (Å²) in [5, 5.41) is 0. The van der Waals surface area contributed by atoms with Gasteiger partial charge in [-0.1, -0.05) is 54.6 Å². The molecule has 0 amide bonds. The second kappa shape index (κ2) is 3.69. The molecule has 76 valence electrons. The lowest BCUT2D eigenvalue weighted by Gasteiger charge is -2.22. The first-order chi connectivity index (χ1) is 7.45. The van der Waals surface area contributed by atoms with Crippen LogP contribution in [0.1, 0.15) is 24.3 Å². The molecule has 0 heterocycles. The first kappa shape index (κ1) is 8.96. The molecule has 1 aromatic carbocycles. The lowest BCUT2D eigenvalue weighted by atomic mass is 9.83. The summed E-state index contributed by atoms with van der Waals surface area (Å²) >= 11 is 0. The van der Waals surface area contributed by atoms with Crippen LogP contribution in [-0.2, 0) is 0 Å². The minimum Gasteiger partial charge on any atom is -0.0808 e. The molecule has 15 heavy (non-hydrogen) atoms. The van der Waals surface area contributed by atoms with E-state index in [0.29, 0.717) is 0 Å². The molecule has 0 bridgehead atoms. The van der Waals surface area contributed by atoms with Crippen LogP contribution < -0.4 is 0 Å². The Labute approximate surface area is 91.3 Å². The number of benzene rings is 1. The highest BCUT2D eigenvalue weighted by Gasteiger charge is 2.34. The van der Waals surface area contributed by atoms with Crippen molar-refractivity contribution in [2.24, 2.45) is 11.8 Å². The molecule has 0 nitrogen and oxygen atoms in total. The van der Waals surface area contributed by atoms with Gasteiger partial charge in [0, 0.05) is 0 Å². The maximum Gasteiger partial charge on any atom is -0.00930 e. The molecule has 0 aromatic heterocycles. The number of allylic oxidation sites excluding steroid dienone is 4. The van der Waals surface area contributed by atoms with Gasteiger partial charge in [-0.2, -0.15) is 0 Å². The molecule has 3 atom stereocenters. The largest absolute Gasteiger partial charge is 0.0808 e.